The quantitative estimate of drug-likeness (QED) is 0.440. The standard InChI is InChI=1S/C25H15ClF3NO2/c26-18-10-9-12(11-17(18)25(27,28)29)30-23(31)21-19-13-5-1-2-6-14(13)20(22(21)24(30)32)16-8-4-3-7-15(16)19/h1-11,19-22H. The third kappa shape index (κ3) is 2.44. The minimum Gasteiger partial charge on any atom is -0.274 e. The molecule has 2 bridgehead atoms. The minimum absolute atomic E-state index is 0.0985. The Morgan fingerprint density at radius 1 is 0.719 bits per heavy atom. The smallest absolute Gasteiger partial charge is 0.274 e. The number of halogens is 4. The summed E-state index contributed by atoms with van der Waals surface area (Å²) in [6, 6.07) is 18.7. The molecule has 0 radical (unpaired) electrons. The molecule has 3 nitrogen and oxygen atoms in total. The number of carbonyl (C=O) groups excluding carboxylic acids is 2. The van der Waals surface area contributed by atoms with Gasteiger partial charge in [0, 0.05) is 11.8 Å². The van der Waals surface area contributed by atoms with Crippen molar-refractivity contribution in [1.29, 1.82) is 0 Å². The van der Waals surface area contributed by atoms with Crippen LogP contribution in [0, 0.1) is 11.8 Å². The molecule has 3 aromatic carbocycles. The lowest BCUT2D eigenvalue weighted by Crippen LogP contribution is -2.41. The summed E-state index contributed by atoms with van der Waals surface area (Å²) in [4.78, 5) is 28.1. The fourth-order valence-electron chi connectivity index (χ4n) is 5.80. The van der Waals surface area contributed by atoms with Crippen LogP contribution in [0.4, 0.5) is 18.9 Å². The van der Waals surface area contributed by atoms with E-state index in [4.69, 9.17) is 11.6 Å². The Morgan fingerprint density at radius 3 is 1.56 bits per heavy atom. The highest BCUT2D eigenvalue weighted by atomic mass is 35.5. The fraction of sp³-hybridized carbons (Fsp3) is 0.200. The van der Waals surface area contributed by atoms with Crippen molar-refractivity contribution in [2.45, 2.75) is 18.0 Å². The molecule has 3 aromatic rings. The van der Waals surface area contributed by atoms with Crippen molar-refractivity contribution in [2.24, 2.45) is 11.8 Å². The summed E-state index contributed by atoms with van der Waals surface area (Å²) in [5.41, 5.74) is 2.86. The number of hydrogen-bond donors (Lipinski definition) is 0. The van der Waals surface area contributed by atoms with Crippen LogP contribution in [-0.4, -0.2) is 11.8 Å². The molecule has 160 valence electrons. The Morgan fingerprint density at radius 2 is 1.16 bits per heavy atom. The molecule has 1 aliphatic heterocycles. The molecule has 0 saturated carbocycles. The zero-order valence-corrected chi connectivity index (χ0v) is 17.2. The van der Waals surface area contributed by atoms with Crippen molar-refractivity contribution < 1.29 is 22.8 Å². The summed E-state index contributed by atoms with van der Waals surface area (Å²) >= 11 is 5.75. The second-order valence-electron chi connectivity index (χ2n) is 8.44. The maximum absolute atomic E-state index is 13.6. The largest absolute Gasteiger partial charge is 0.417 e. The van der Waals surface area contributed by atoms with Gasteiger partial charge in [0.1, 0.15) is 0 Å². The molecule has 2 amide bonds. The van der Waals surface area contributed by atoms with E-state index in [1.165, 1.54) is 6.07 Å². The van der Waals surface area contributed by atoms with Crippen molar-refractivity contribution >= 4 is 29.1 Å². The predicted molar refractivity (Wildman–Crippen MR) is 112 cm³/mol. The van der Waals surface area contributed by atoms with E-state index >= 15 is 0 Å². The minimum atomic E-state index is -4.70. The third-order valence-electron chi connectivity index (χ3n) is 6.96. The van der Waals surface area contributed by atoms with Crippen LogP contribution >= 0.6 is 11.6 Å². The average Bonchev–Trinajstić information content (AvgIpc) is 3.04. The van der Waals surface area contributed by atoms with Crippen LogP contribution in [0.15, 0.2) is 66.7 Å². The van der Waals surface area contributed by atoms with E-state index < -0.39 is 40.4 Å². The molecule has 2 unspecified atom stereocenters. The number of carbonyl (C=O) groups is 2. The van der Waals surface area contributed by atoms with Gasteiger partial charge in [-0.15, -0.1) is 0 Å². The summed E-state index contributed by atoms with van der Waals surface area (Å²) in [5, 5.41) is -0.474. The monoisotopic (exact) mass is 453 g/mol. The summed E-state index contributed by atoms with van der Waals surface area (Å²) in [7, 11) is 0. The Hall–Kier alpha value is -3.12. The average molecular weight is 454 g/mol. The maximum Gasteiger partial charge on any atom is 0.417 e. The first-order valence-corrected chi connectivity index (χ1v) is 10.6. The van der Waals surface area contributed by atoms with E-state index in [0.29, 0.717) is 0 Å². The number of amides is 2. The number of imide groups is 1. The highest BCUT2D eigenvalue weighted by molar-refractivity contribution is 6.31. The number of hydrogen-bond acceptors (Lipinski definition) is 2. The van der Waals surface area contributed by atoms with Crippen LogP contribution in [-0.2, 0) is 15.8 Å². The lowest BCUT2D eigenvalue weighted by Gasteiger charge is -2.45. The molecular weight excluding hydrogens is 439 g/mol. The first kappa shape index (κ1) is 19.6. The van der Waals surface area contributed by atoms with Gasteiger partial charge in [-0.1, -0.05) is 60.1 Å². The molecule has 3 aliphatic carbocycles. The second-order valence-corrected chi connectivity index (χ2v) is 8.85. The molecular formula is C25H15ClF3NO2. The van der Waals surface area contributed by atoms with Gasteiger partial charge in [-0.2, -0.15) is 13.2 Å². The van der Waals surface area contributed by atoms with E-state index in [2.05, 4.69) is 0 Å². The zero-order chi connectivity index (χ0) is 22.4. The molecule has 1 heterocycles. The summed E-state index contributed by atoms with van der Waals surface area (Å²) < 4.78 is 40.3. The molecule has 0 N–H and O–H groups in total. The van der Waals surface area contributed by atoms with E-state index in [0.717, 1.165) is 39.3 Å². The van der Waals surface area contributed by atoms with Crippen molar-refractivity contribution in [3.63, 3.8) is 0 Å². The first-order valence-electron chi connectivity index (χ1n) is 10.2. The molecule has 7 rings (SSSR count). The van der Waals surface area contributed by atoms with E-state index in [1.807, 2.05) is 48.5 Å². The van der Waals surface area contributed by atoms with Crippen LogP contribution in [0.3, 0.4) is 0 Å². The Bertz CT molecular complexity index is 1200. The molecule has 0 spiro atoms. The van der Waals surface area contributed by atoms with E-state index in [1.54, 1.807) is 0 Å². The van der Waals surface area contributed by atoms with Gasteiger partial charge in [0.05, 0.1) is 28.1 Å². The van der Waals surface area contributed by atoms with Crippen molar-refractivity contribution in [3.8, 4) is 0 Å². The normalized spacial score (nSPS) is 25.6. The molecule has 0 aromatic heterocycles. The van der Waals surface area contributed by atoms with E-state index in [9.17, 15) is 22.8 Å². The summed E-state index contributed by atoms with van der Waals surface area (Å²) in [5.74, 6) is -2.85. The van der Waals surface area contributed by atoms with Crippen LogP contribution in [0.1, 0.15) is 39.7 Å². The molecule has 7 heteroatoms. The van der Waals surface area contributed by atoms with Crippen LogP contribution in [0.5, 0.6) is 0 Å². The molecule has 2 atom stereocenters. The van der Waals surface area contributed by atoms with Gasteiger partial charge in [0.25, 0.3) is 0 Å². The van der Waals surface area contributed by atoms with Crippen molar-refractivity contribution in [1.82, 2.24) is 0 Å². The van der Waals surface area contributed by atoms with Crippen molar-refractivity contribution in [3.05, 3.63) is 99.6 Å². The second kappa shape index (κ2) is 6.45. The van der Waals surface area contributed by atoms with Crippen LogP contribution in [0.2, 0.25) is 5.02 Å². The van der Waals surface area contributed by atoms with Gasteiger partial charge < -0.3 is 0 Å². The van der Waals surface area contributed by atoms with Gasteiger partial charge in [-0.3, -0.25) is 9.59 Å². The van der Waals surface area contributed by atoms with Gasteiger partial charge in [-0.05, 0) is 40.5 Å². The summed E-state index contributed by atoms with van der Waals surface area (Å²) in [6.07, 6.45) is -4.70. The van der Waals surface area contributed by atoms with Crippen LogP contribution < -0.4 is 4.90 Å². The highest BCUT2D eigenvalue weighted by Crippen LogP contribution is 2.61. The zero-order valence-electron chi connectivity index (χ0n) is 16.4. The lowest BCUT2D eigenvalue weighted by molar-refractivity contribution is -0.137. The Labute approximate surface area is 186 Å². The molecule has 32 heavy (non-hydrogen) atoms. The van der Waals surface area contributed by atoms with Gasteiger partial charge in [-0.25, -0.2) is 4.90 Å². The van der Waals surface area contributed by atoms with Crippen LogP contribution in [0.25, 0.3) is 0 Å². The number of benzene rings is 3. The van der Waals surface area contributed by atoms with E-state index in [-0.39, 0.29) is 17.5 Å². The fourth-order valence-corrected chi connectivity index (χ4v) is 6.03. The Balaban J connectivity index is 1.52. The van der Waals surface area contributed by atoms with Gasteiger partial charge in [0.2, 0.25) is 11.8 Å². The summed E-state index contributed by atoms with van der Waals surface area (Å²) in [6.45, 7) is 0. The number of anilines is 1. The first-order chi connectivity index (χ1) is 15.3. The highest BCUT2D eigenvalue weighted by Gasteiger charge is 2.61. The maximum atomic E-state index is 13.6. The lowest BCUT2D eigenvalue weighted by atomic mass is 9.55. The number of alkyl halides is 3. The molecule has 4 aliphatic rings. The van der Waals surface area contributed by atoms with Crippen molar-refractivity contribution in [2.75, 3.05) is 4.90 Å². The van der Waals surface area contributed by atoms with Gasteiger partial charge >= 0.3 is 6.18 Å². The number of nitrogens with zero attached hydrogens (tertiary/aromatic N) is 1. The number of rotatable bonds is 1. The van der Waals surface area contributed by atoms with Gasteiger partial charge in [0.15, 0.2) is 0 Å². The molecule has 1 fully saturated rings. The SMILES string of the molecule is O=C1C2C3c4ccccc4C(c4ccccc43)C2C(=O)N1c1ccc(Cl)c(C(F)(F)F)c1. The predicted octanol–water partition coefficient (Wildman–Crippen LogP) is 5.76. The Kier molecular flexibility index (Phi) is 3.94. The third-order valence-corrected chi connectivity index (χ3v) is 7.29. The molecule has 1 saturated heterocycles. The topological polar surface area (TPSA) is 37.4 Å².